The molecule has 0 fully saturated rings. The van der Waals surface area contributed by atoms with Crippen molar-refractivity contribution in [2.75, 3.05) is 6.54 Å². The third-order valence-electron chi connectivity index (χ3n) is 4.24. The molecule has 0 heterocycles. The van der Waals surface area contributed by atoms with Gasteiger partial charge in [0.15, 0.2) is 0 Å². The van der Waals surface area contributed by atoms with Crippen LogP contribution in [-0.2, 0) is 9.59 Å². The van der Waals surface area contributed by atoms with Crippen LogP contribution in [0.5, 0.6) is 0 Å². The molecule has 0 aromatic carbocycles. The molecule has 0 unspecified atom stereocenters. The average molecular weight is 346 g/mol. The summed E-state index contributed by atoms with van der Waals surface area (Å²) in [5, 5.41) is 1.58. The first-order chi connectivity index (χ1) is 11.2. The first-order valence-corrected chi connectivity index (χ1v) is 10.0. The van der Waals surface area contributed by atoms with Gasteiger partial charge in [0.2, 0.25) is 0 Å². The highest BCUT2D eigenvalue weighted by Gasteiger charge is 2.07. The lowest BCUT2D eigenvalue weighted by Crippen LogP contribution is -2.28. The molecule has 136 valence electrons. The predicted octanol–water partition coefficient (Wildman–Crippen LogP) is 5.74. The van der Waals surface area contributed by atoms with Gasteiger partial charge in [-0.15, -0.1) is 0 Å². The van der Waals surface area contributed by atoms with E-state index < -0.39 is 11.1 Å². The highest BCUT2D eigenvalue weighted by molar-refractivity contribution is 6.80. The van der Waals surface area contributed by atoms with Gasteiger partial charge in [-0.25, -0.2) is 0 Å². The molecule has 23 heavy (non-hydrogen) atoms. The van der Waals surface area contributed by atoms with Crippen molar-refractivity contribution < 1.29 is 9.59 Å². The van der Waals surface area contributed by atoms with E-state index in [1.165, 1.54) is 83.5 Å². The van der Waals surface area contributed by atoms with Gasteiger partial charge in [-0.05, 0) is 18.0 Å². The van der Waals surface area contributed by atoms with Crippen molar-refractivity contribution in [3.05, 3.63) is 0 Å². The SMILES string of the molecule is CCCCCCCCCCCCCCCCCNC(=O)C(=O)Cl. The van der Waals surface area contributed by atoms with E-state index in [4.69, 9.17) is 11.6 Å². The molecular formula is C19H36ClNO2. The van der Waals surface area contributed by atoms with E-state index in [0.717, 1.165) is 12.8 Å². The van der Waals surface area contributed by atoms with Crippen molar-refractivity contribution in [3.63, 3.8) is 0 Å². The summed E-state index contributed by atoms with van der Waals surface area (Å²) in [5.74, 6) is -0.683. The van der Waals surface area contributed by atoms with E-state index in [-0.39, 0.29) is 0 Å². The minimum absolute atomic E-state index is 0.551. The molecule has 3 nitrogen and oxygen atoms in total. The minimum atomic E-state index is -0.925. The Morgan fingerprint density at radius 2 is 1.00 bits per heavy atom. The molecule has 0 radical (unpaired) electrons. The molecule has 0 rings (SSSR count). The molecule has 0 aliphatic rings. The van der Waals surface area contributed by atoms with E-state index in [9.17, 15) is 9.59 Å². The summed E-state index contributed by atoms with van der Waals surface area (Å²) in [6, 6.07) is 0. The molecule has 0 aromatic heterocycles. The fraction of sp³-hybridized carbons (Fsp3) is 0.895. The standard InChI is InChI=1S/C19H36ClNO2/c1-2-3-4-5-6-7-8-9-10-11-12-13-14-15-16-17-21-19(23)18(20)22/h2-17H2,1H3,(H,21,23). The molecule has 4 heteroatoms. The normalized spacial score (nSPS) is 10.7. The summed E-state index contributed by atoms with van der Waals surface area (Å²) in [6.07, 6.45) is 19.8. The first kappa shape index (κ1) is 22.4. The molecule has 0 saturated heterocycles. The third kappa shape index (κ3) is 17.6. The summed E-state index contributed by atoms with van der Waals surface area (Å²) in [6.45, 7) is 2.82. The van der Waals surface area contributed by atoms with Crippen LogP contribution in [-0.4, -0.2) is 17.7 Å². The molecule has 1 amide bonds. The second-order valence-corrected chi connectivity index (χ2v) is 6.82. The quantitative estimate of drug-likeness (QED) is 0.207. The van der Waals surface area contributed by atoms with Gasteiger partial charge in [0.1, 0.15) is 0 Å². The van der Waals surface area contributed by atoms with Crippen LogP contribution >= 0.6 is 11.6 Å². The zero-order chi connectivity index (χ0) is 17.2. The van der Waals surface area contributed by atoms with Gasteiger partial charge in [-0.3, -0.25) is 9.59 Å². The van der Waals surface area contributed by atoms with Crippen LogP contribution < -0.4 is 5.32 Å². The summed E-state index contributed by atoms with van der Waals surface area (Å²) in [4.78, 5) is 21.4. The Morgan fingerprint density at radius 1 is 0.652 bits per heavy atom. The molecule has 0 aliphatic heterocycles. The summed E-state index contributed by atoms with van der Waals surface area (Å²) >= 11 is 5.05. The van der Waals surface area contributed by atoms with E-state index >= 15 is 0 Å². The van der Waals surface area contributed by atoms with Crippen molar-refractivity contribution in [1.82, 2.24) is 5.32 Å². The van der Waals surface area contributed by atoms with Gasteiger partial charge in [-0.2, -0.15) is 0 Å². The van der Waals surface area contributed by atoms with E-state index in [1.54, 1.807) is 0 Å². The Bertz CT molecular complexity index is 295. The number of amides is 1. The molecule has 0 saturated carbocycles. The molecule has 0 aromatic rings. The van der Waals surface area contributed by atoms with Gasteiger partial charge >= 0.3 is 11.1 Å². The van der Waals surface area contributed by atoms with Gasteiger partial charge in [0, 0.05) is 6.54 Å². The van der Waals surface area contributed by atoms with Crippen LogP contribution in [0.2, 0.25) is 0 Å². The third-order valence-corrected chi connectivity index (χ3v) is 4.42. The molecule has 1 N–H and O–H groups in total. The van der Waals surface area contributed by atoms with Crippen LogP contribution in [0.25, 0.3) is 0 Å². The maximum Gasteiger partial charge on any atom is 0.309 e. The predicted molar refractivity (Wildman–Crippen MR) is 98.8 cm³/mol. The Labute approximate surface area is 147 Å². The van der Waals surface area contributed by atoms with Crippen molar-refractivity contribution in [3.8, 4) is 0 Å². The number of carbonyl (C=O) groups is 2. The number of rotatable bonds is 17. The zero-order valence-corrected chi connectivity index (χ0v) is 15.8. The maximum absolute atomic E-state index is 10.9. The minimum Gasteiger partial charge on any atom is -0.348 e. The number of halogens is 1. The van der Waals surface area contributed by atoms with Crippen LogP contribution in [0.15, 0.2) is 0 Å². The van der Waals surface area contributed by atoms with Crippen LogP contribution in [0.3, 0.4) is 0 Å². The van der Waals surface area contributed by atoms with Gasteiger partial charge in [0.25, 0.3) is 0 Å². The molecule has 0 bridgehead atoms. The summed E-state index contributed by atoms with van der Waals surface area (Å²) in [5.41, 5.74) is 0. The fourth-order valence-electron chi connectivity index (χ4n) is 2.77. The highest BCUT2D eigenvalue weighted by atomic mass is 35.5. The van der Waals surface area contributed by atoms with Crippen LogP contribution in [0.1, 0.15) is 103 Å². The van der Waals surface area contributed by atoms with Crippen molar-refractivity contribution in [1.29, 1.82) is 0 Å². The smallest absolute Gasteiger partial charge is 0.309 e. The van der Waals surface area contributed by atoms with Crippen LogP contribution in [0.4, 0.5) is 0 Å². The van der Waals surface area contributed by atoms with E-state index in [2.05, 4.69) is 12.2 Å². The number of hydrogen-bond acceptors (Lipinski definition) is 2. The Balaban J connectivity index is 3.05. The Kier molecular flexibility index (Phi) is 17.3. The van der Waals surface area contributed by atoms with Gasteiger partial charge < -0.3 is 5.32 Å². The largest absolute Gasteiger partial charge is 0.348 e. The van der Waals surface area contributed by atoms with E-state index in [1.807, 2.05) is 0 Å². The van der Waals surface area contributed by atoms with Crippen molar-refractivity contribution in [2.24, 2.45) is 0 Å². The number of hydrogen-bond donors (Lipinski definition) is 1. The number of nitrogens with one attached hydrogen (secondary N) is 1. The zero-order valence-electron chi connectivity index (χ0n) is 15.0. The summed E-state index contributed by atoms with van der Waals surface area (Å²) in [7, 11) is 0. The van der Waals surface area contributed by atoms with E-state index in [0.29, 0.717) is 6.54 Å². The van der Waals surface area contributed by atoms with Crippen LogP contribution in [0, 0.1) is 0 Å². The lowest BCUT2D eigenvalue weighted by atomic mass is 10.0. The number of unbranched alkanes of at least 4 members (excludes halogenated alkanes) is 14. The lowest BCUT2D eigenvalue weighted by molar-refractivity contribution is -0.133. The second-order valence-electron chi connectivity index (χ2n) is 6.48. The fourth-order valence-corrected chi connectivity index (χ4v) is 2.83. The average Bonchev–Trinajstić information content (AvgIpc) is 2.54. The Morgan fingerprint density at radius 3 is 1.35 bits per heavy atom. The van der Waals surface area contributed by atoms with Gasteiger partial charge in [-0.1, -0.05) is 96.8 Å². The van der Waals surface area contributed by atoms with Crippen molar-refractivity contribution >= 4 is 22.8 Å². The Hall–Kier alpha value is -0.570. The van der Waals surface area contributed by atoms with Crippen molar-refractivity contribution in [2.45, 2.75) is 103 Å². The lowest BCUT2D eigenvalue weighted by Gasteiger charge is -2.04. The first-order valence-electron chi connectivity index (χ1n) is 9.66. The number of carbonyl (C=O) groups excluding carboxylic acids is 2. The summed E-state index contributed by atoms with van der Waals surface area (Å²) < 4.78 is 0. The molecular weight excluding hydrogens is 310 g/mol. The highest BCUT2D eigenvalue weighted by Crippen LogP contribution is 2.13. The van der Waals surface area contributed by atoms with Gasteiger partial charge in [0.05, 0.1) is 0 Å². The second kappa shape index (κ2) is 17.8. The molecule has 0 aliphatic carbocycles. The maximum atomic E-state index is 10.9. The molecule has 0 spiro atoms. The topological polar surface area (TPSA) is 46.2 Å². The molecule has 0 atom stereocenters. The monoisotopic (exact) mass is 345 g/mol.